The first-order chi connectivity index (χ1) is 6.68. The van der Waals surface area contributed by atoms with Gasteiger partial charge >= 0.3 is 0 Å². The van der Waals surface area contributed by atoms with Gasteiger partial charge in [0.05, 0.1) is 5.52 Å². The highest BCUT2D eigenvalue weighted by atomic mass is 15.1. The number of benzene rings is 1. The zero-order valence-electron chi connectivity index (χ0n) is 8.78. The van der Waals surface area contributed by atoms with Crippen LogP contribution in [0, 0.1) is 6.92 Å². The van der Waals surface area contributed by atoms with Gasteiger partial charge in [-0.3, -0.25) is 0 Å². The van der Waals surface area contributed by atoms with Gasteiger partial charge in [0, 0.05) is 19.5 Å². The van der Waals surface area contributed by atoms with Crippen molar-refractivity contribution < 1.29 is 0 Å². The maximum absolute atomic E-state index is 4.56. The maximum Gasteiger partial charge on any atom is 0.128 e. The summed E-state index contributed by atoms with van der Waals surface area (Å²) in [6.45, 7) is 2.12. The number of pyridine rings is 1. The molecule has 0 unspecified atom stereocenters. The molecule has 0 aliphatic heterocycles. The van der Waals surface area contributed by atoms with Gasteiger partial charge in [-0.1, -0.05) is 18.2 Å². The van der Waals surface area contributed by atoms with Crippen molar-refractivity contribution in [2.24, 2.45) is 0 Å². The molecule has 2 nitrogen and oxygen atoms in total. The van der Waals surface area contributed by atoms with E-state index in [0.29, 0.717) is 0 Å². The Kier molecular flexibility index (Phi) is 2.12. The molecule has 72 valence electrons. The van der Waals surface area contributed by atoms with Crippen molar-refractivity contribution in [2.45, 2.75) is 6.92 Å². The van der Waals surface area contributed by atoms with Gasteiger partial charge in [0.25, 0.3) is 0 Å². The van der Waals surface area contributed by atoms with Crippen molar-refractivity contribution in [1.29, 1.82) is 0 Å². The normalized spacial score (nSPS) is 10.5. The quantitative estimate of drug-likeness (QED) is 0.680. The summed E-state index contributed by atoms with van der Waals surface area (Å²) in [6, 6.07) is 10.3. The second kappa shape index (κ2) is 3.29. The number of hydrogen-bond acceptors (Lipinski definition) is 2. The van der Waals surface area contributed by atoms with Crippen LogP contribution in [-0.4, -0.2) is 19.1 Å². The van der Waals surface area contributed by atoms with Crippen molar-refractivity contribution in [3.63, 3.8) is 0 Å². The summed E-state index contributed by atoms with van der Waals surface area (Å²) >= 11 is 0. The predicted molar refractivity (Wildman–Crippen MR) is 60.8 cm³/mol. The van der Waals surface area contributed by atoms with Gasteiger partial charge < -0.3 is 4.90 Å². The third-order valence-corrected chi connectivity index (χ3v) is 2.37. The van der Waals surface area contributed by atoms with Gasteiger partial charge in [0.2, 0.25) is 0 Å². The van der Waals surface area contributed by atoms with E-state index in [0.717, 1.165) is 11.3 Å². The standard InChI is InChI=1S/C12H14N2/c1-9-8-12(14(2)3)13-11-7-5-4-6-10(9)11/h4-8H,1-3H3. The molecule has 0 radical (unpaired) electrons. The molecule has 0 fully saturated rings. The lowest BCUT2D eigenvalue weighted by Crippen LogP contribution is -2.10. The Balaban J connectivity index is 2.72. The highest BCUT2D eigenvalue weighted by Gasteiger charge is 2.02. The van der Waals surface area contributed by atoms with Crippen LogP contribution < -0.4 is 4.90 Å². The van der Waals surface area contributed by atoms with Crippen LogP contribution in [0.2, 0.25) is 0 Å². The SMILES string of the molecule is Cc1cc(N(C)C)nc2ccccc12. The van der Waals surface area contributed by atoms with Crippen LogP contribution >= 0.6 is 0 Å². The van der Waals surface area contributed by atoms with E-state index in [9.17, 15) is 0 Å². The number of aromatic nitrogens is 1. The Hall–Kier alpha value is -1.57. The molecule has 0 amide bonds. The smallest absolute Gasteiger partial charge is 0.128 e. The average Bonchev–Trinajstić information content (AvgIpc) is 2.17. The number of aryl methyl sites for hydroxylation is 1. The first-order valence-corrected chi connectivity index (χ1v) is 4.72. The van der Waals surface area contributed by atoms with Gasteiger partial charge in [0.15, 0.2) is 0 Å². The lowest BCUT2D eigenvalue weighted by Gasteiger charge is -2.13. The van der Waals surface area contributed by atoms with Crippen molar-refractivity contribution in [1.82, 2.24) is 4.98 Å². The number of nitrogens with zero attached hydrogens (tertiary/aromatic N) is 2. The first kappa shape index (κ1) is 9.00. The number of fused-ring (bicyclic) bond motifs is 1. The van der Waals surface area contributed by atoms with Crippen molar-refractivity contribution in [2.75, 3.05) is 19.0 Å². The molecular formula is C12H14N2. The number of anilines is 1. The average molecular weight is 186 g/mol. The molecule has 0 aliphatic rings. The van der Waals surface area contributed by atoms with E-state index >= 15 is 0 Å². The van der Waals surface area contributed by atoms with Crippen LogP contribution in [0.4, 0.5) is 5.82 Å². The number of para-hydroxylation sites is 1. The van der Waals surface area contributed by atoms with E-state index in [1.54, 1.807) is 0 Å². The van der Waals surface area contributed by atoms with Crippen LogP contribution in [-0.2, 0) is 0 Å². The molecule has 0 aliphatic carbocycles. The van der Waals surface area contributed by atoms with Crippen LogP contribution in [0.15, 0.2) is 30.3 Å². The van der Waals surface area contributed by atoms with Crippen molar-refractivity contribution in [3.8, 4) is 0 Å². The van der Waals surface area contributed by atoms with Crippen molar-refractivity contribution >= 4 is 16.7 Å². The third kappa shape index (κ3) is 1.43. The van der Waals surface area contributed by atoms with Gasteiger partial charge in [0.1, 0.15) is 5.82 Å². The zero-order valence-corrected chi connectivity index (χ0v) is 8.78. The second-order valence-electron chi connectivity index (χ2n) is 3.71. The maximum atomic E-state index is 4.56. The molecule has 0 atom stereocenters. The Morgan fingerprint density at radius 3 is 2.57 bits per heavy atom. The number of hydrogen-bond donors (Lipinski definition) is 0. The minimum absolute atomic E-state index is 1.02. The second-order valence-corrected chi connectivity index (χ2v) is 3.71. The fourth-order valence-electron chi connectivity index (χ4n) is 1.56. The van der Waals surface area contributed by atoms with Crippen LogP contribution in [0.1, 0.15) is 5.56 Å². The zero-order chi connectivity index (χ0) is 10.1. The fourth-order valence-corrected chi connectivity index (χ4v) is 1.56. The van der Waals surface area contributed by atoms with E-state index in [1.807, 2.05) is 31.1 Å². The van der Waals surface area contributed by atoms with Crippen LogP contribution in [0.5, 0.6) is 0 Å². The summed E-state index contributed by atoms with van der Waals surface area (Å²) in [5.41, 5.74) is 2.34. The topological polar surface area (TPSA) is 16.1 Å². The summed E-state index contributed by atoms with van der Waals surface area (Å²) in [4.78, 5) is 6.59. The molecule has 0 saturated carbocycles. The third-order valence-electron chi connectivity index (χ3n) is 2.37. The molecule has 0 bridgehead atoms. The summed E-state index contributed by atoms with van der Waals surface area (Å²) < 4.78 is 0. The lowest BCUT2D eigenvalue weighted by molar-refractivity contribution is 1.08. The highest BCUT2D eigenvalue weighted by Crippen LogP contribution is 2.20. The van der Waals surface area contributed by atoms with E-state index in [4.69, 9.17) is 0 Å². The summed E-state index contributed by atoms with van der Waals surface area (Å²) in [6.07, 6.45) is 0. The molecule has 0 spiro atoms. The fraction of sp³-hybridized carbons (Fsp3) is 0.250. The highest BCUT2D eigenvalue weighted by molar-refractivity contribution is 5.83. The minimum atomic E-state index is 1.02. The Morgan fingerprint density at radius 1 is 1.14 bits per heavy atom. The number of rotatable bonds is 1. The molecule has 1 aromatic carbocycles. The monoisotopic (exact) mass is 186 g/mol. The Bertz CT molecular complexity index is 461. The van der Waals surface area contributed by atoms with E-state index in [-0.39, 0.29) is 0 Å². The minimum Gasteiger partial charge on any atom is -0.363 e. The predicted octanol–water partition coefficient (Wildman–Crippen LogP) is 2.61. The van der Waals surface area contributed by atoms with Crippen molar-refractivity contribution in [3.05, 3.63) is 35.9 Å². The molecule has 1 heterocycles. The Morgan fingerprint density at radius 2 is 1.86 bits per heavy atom. The van der Waals surface area contributed by atoms with E-state index < -0.39 is 0 Å². The van der Waals surface area contributed by atoms with Gasteiger partial charge in [-0.05, 0) is 24.6 Å². The van der Waals surface area contributed by atoms with E-state index in [1.165, 1.54) is 10.9 Å². The molecular weight excluding hydrogens is 172 g/mol. The molecule has 2 heteroatoms. The molecule has 0 saturated heterocycles. The molecule has 14 heavy (non-hydrogen) atoms. The van der Waals surface area contributed by atoms with Crippen LogP contribution in [0.25, 0.3) is 10.9 Å². The molecule has 1 aromatic heterocycles. The summed E-state index contributed by atoms with van der Waals surface area (Å²) in [7, 11) is 4.02. The lowest BCUT2D eigenvalue weighted by atomic mass is 10.1. The molecule has 2 aromatic rings. The summed E-state index contributed by atoms with van der Waals surface area (Å²) in [5.74, 6) is 1.02. The Labute approximate surface area is 84.2 Å². The van der Waals surface area contributed by atoms with Crippen LogP contribution in [0.3, 0.4) is 0 Å². The largest absolute Gasteiger partial charge is 0.363 e. The van der Waals surface area contributed by atoms with Gasteiger partial charge in [-0.25, -0.2) is 4.98 Å². The summed E-state index contributed by atoms with van der Waals surface area (Å²) in [5, 5.41) is 1.23. The van der Waals surface area contributed by atoms with Gasteiger partial charge in [-0.15, -0.1) is 0 Å². The van der Waals surface area contributed by atoms with Gasteiger partial charge in [-0.2, -0.15) is 0 Å². The molecule has 2 rings (SSSR count). The molecule has 0 N–H and O–H groups in total. The first-order valence-electron chi connectivity index (χ1n) is 4.72. The van der Waals surface area contributed by atoms with E-state index in [2.05, 4.69) is 30.1 Å².